The molecule has 1 saturated heterocycles. The summed E-state index contributed by atoms with van der Waals surface area (Å²) in [5.41, 5.74) is 5.47. The number of hydrogen-bond donors (Lipinski definition) is 1. The summed E-state index contributed by atoms with van der Waals surface area (Å²) < 4.78 is 6.10. The van der Waals surface area contributed by atoms with Crippen molar-refractivity contribution in [1.29, 1.82) is 0 Å². The van der Waals surface area contributed by atoms with Gasteiger partial charge in [0.15, 0.2) is 0 Å². The number of nitrogens with two attached hydrogens (primary N) is 1. The lowest BCUT2D eigenvalue weighted by Gasteiger charge is -2.47. The highest BCUT2D eigenvalue weighted by atomic mass is 16.5. The summed E-state index contributed by atoms with van der Waals surface area (Å²) in [6.45, 7) is 12.9. The van der Waals surface area contributed by atoms with Crippen LogP contribution in [0.1, 0.15) is 59.8 Å². The monoisotopic (exact) mass is 256 g/mol. The van der Waals surface area contributed by atoms with Gasteiger partial charge in [-0.25, -0.2) is 0 Å². The lowest BCUT2D eigenvalue weighted by Crippen LogP contribution is -2.57. The van der Waals surface area contributed by atoms with Crippen LogP contribution in [0.4, 0.5) is 0 Å². The Morgan fingerprint density at radius 1 is 0.889 bits per heavy atom. The zero-order valence-corrected chi connectivity index (χ0v) is 12.8. The molecule has 1 heterocycles. The van der Waals surface area contributed by atoms with Crippen LogP contribution >= 0.6 is 0 Å². The third-order valence-electron chi connectivity index (χ3n) is 3.44. The maximum absolute atomic E-state index is 6.10. The van der Waals surface area contributed by atoms with E-state index in [1.54, 1.807) is 0 Å². The summed E-state index contributed by atoms with van der Waals surface area (Å²) in [4.78, 5) is 2.56. The molecule has 0 bridgehead atoms. The fourth-order valence-electron chi connectivity index (χ4n) is 3.11. The van der Waals surface area contributed by atoms with E-state index in [2.05, 4.69) is 32.6 Å². The van der Waals surface area contributed by atoms with Crippen LogP contribution in [0.15, 0.2) is 0 Å². The third-order valence-corrected chi connectivity index (χ3v) is 3.44. The topological polar surface area (TPSA) is 38.5 Å². The predicted octanol–water partition coefficient (Wildman–Crippen LogP) is 2.79. The fourth-order valence-corrected chi connectivity index (χ4v) is 3.11. The molecule has 0 aliphatic carbocycles. The minimum absolute atomic E-state index is 0.0126. The van der Waals surface area contributed by atoms with Gasteiger partial charge in [-0.1, -0.05) is 19.3 Å². The van der Waals surface area contributed by atoms with Gasteiger partial charge in [-0.05, 0) is 53.6 Å². The molecule has 1 aliphatic heterocycles. The number of unbranched alkanes of at least 4 members (excludes halogenated alkanes) is 4. The first-order valence-electron chi connectivity index (χ1n) is 7.47. The Morgan fingerprint density at radius 3 is 1.94 bits per heavy atom. The molecule has 0 unspecified atom stereocenters. The Hall–Kier alpha value is -0.120. The van der Waals surface area contributed by atoms with Crippen molar-refractivity contribution in [3.63, 3.8) is 0 Å². The van der Waals surface area contributed by atoms with Gasteiger partial charge in [0.25, 0.3) is 0 Å². The Morgan fingerprint density at radius 2 is 1.39 bits per heavy atom. The summed E-state index contributed by atoms with van der Waals surface area (Å²) >= 11 is 0. The zero-order chi connectivity index (χ0) is 13.6. The molecular formula is C15H32N2O. The van der Waals surface area contributed by atoms with Crippen LogP contribution in [0.5, 0.6) is 0 Å². The first-order valence-corrected chi connectivity index (χ1v) is 7.47. The smallest absolute Gasteiger partial charge is 0.0760 e. The third kappa shape index (κ3) is 6.17. The van der Waals surface area contributed by atoms with Crippen LogP contribution in [0.25, 0.3) is 0 Å². The van der Waals surface area contributed by atoms with Gasteiger partial charge in [0.05, 0.1) is 11.2 Å². The number of ether oxygens (including phenoxy) is 1. The van der Waals surface area contributed by atoms with E-state index < -0.39 is 0 Å². The van der Waals surface area contributed by atoms with E-state index in [0.717, 1.165) is 19.6 Å². The molecule has 3 nitrogen and oxygen atoms in total. The normalized spacial score (nSPS) is 23.2. The van der Waals surface area contributed by atoms with E-state index in [9.17, 15) is 0 Å². The van der Waals surface area contributed by atoms with Crippen molar-refractivity contribution in [2.45, 2.75) is 71.0 Å². The summed E-state index contributed by atoms with van der Waals surface area (Å²) in [5.74, 6) is 0. The Labute approximate surface area is 113 Å². The molecule has 0 spiro atoms. The van der Waals surface area contributed by atoms with E-state index in [0.29, 0.717) is 0 Å². The molecule has 0 saturated carbocycles. The second-order valence-electron chi connectivity index (χ2n) is 6.89. The first kappa shape index (κ1) is 15.9. The second-order valence-corrected chi connectivity index (χ2v) is 6.89. The molecule has 1 aliphatic rings. The van der Waals surface area contributed by atoms with E-state index >= 15 is 0 Å². The van der Waals surface area contributed by atoms with E-state index in [-0.39, 0.29) is 11.2 Å². The van der Waals surface area contributed by atoms with Crippen molar-refractivity contribution in [3.8, 4) is 0 Å². The number of nitrogens with zero attached hydrogens (tertiary/aromatic N) is 1. The fraction of sp³-hybridized carbons (Fsp3) is 1.00. The van der Waals surface area contributed by atoms with E-state index in [1.807, 2.05) is 0 Å². The maximum Gasteiger partial charge on any atom is 0.0760 e. The SMILES string of the molecule is CC1(C)CN(CCCCCCCN)CC(C)(C)O1. The molecule has 0 amide bonds. The average molecular weight is 256 g/mol. The molecule has 108 valence electrons. The Bertz CT molecular complexity index is 223. The number of hydrogen-bond acceptors (Lipinski definition) is 3. The van der Waals surface area contributed by atoms with Gasteiger partial charge in [-0.2, -0.15) is 0 Å². The zero-order valence-electron chi connectivity index (χ0n) is 12.8. The van der Waals surface area contributed by atoms with Crippen molar-refractivity contribution >= 4 is 0 Å². The lowest BCUT2D eigenvalue weighted by molar-refractivity contribution is -0.180. The standard InChI is InChI=1S/C15H32N2O/c1-14(2)12-17(13-15(3,4)18-14)11-9-7-5-6-8-10-16/h5-13,16H2,1-4H3. The quantitative estimate of drug-likeness (QED) is 0.712. The molecular weight excluding hydrogens is 224 g/mol. The number of morpholine rings is 1. The van der Waals surface area contributed by atoms with Gasteiger partial charge in [0.2, 0.25) is 0 Å². The highest BCUT2D eigenvalue weighted by Crippen LogP contribution is 2.28. The molecule has 3 heteroatoms. The van der Waals surface area contributed by atoms with Gasteiger partial charge in [-0.3, -0.25) is 4.90 Å². The Balaban J connectivity index is 2.21. The molecule has 0 aromatic heterocycles. The Kier molecular flexibility index (Phi) is 6.09. The van der Waals surface area contributed by atoms with Crippen molar-refractivity contribution in [1.82, 2.24) is 4.90 Å². The van der Waals surface area contributed by atoms with Crippen LogP contribution in [-0.2, 0) is 4.74 Å². The number of rotatable bonds is 7. The van der Waals surface area contributed by atoms with Gasteiger partial charge in [0, 0.05) is 13.1 Å². The minimum atomic E-state index is -0.0126. The predicted molar refractivity (Wildman–Crippen MR) is 77.8 cm³/mol. The van der Waals surface area contributed by atoms with Crippen LogP contribution in [0, 0.1) is 0 Å². The van der Waals surface area contributed by atoms with Crippen LogP contribution in [-0.4, -0.2) is 42.3 Å². The van der Waals surface area contributed by atoms with Crippen molar-refractivity contribution in [2.24, 2.45) is 5.73 Å². The van der Waals surface area contributed by atoms with Crippen molar-refractivity contribution < 1.29 is 4.74 Å². The minimum Gasteiger partial charge on any atom is -0.367 e. The van der Waals surface area contributed by atoms with Gasteiger partial charge in [-0.15, -0.1) is 0 Å². The highest BCUT2D eigenvalue weighted by molar-refractivity contribution is 4.88. The molecule has 1 rings (SSSR count). The van der Waals surface area contributed by atoms with Gasteiger partial charge < -0.3 is 10.5 Å². The van der Waals surface area contributed by atoms with E-state index in [1.165, 1.54) is 38.6 Å². The summed E-state index contributed by atoms with van der Waals surface area (Å²) in [6, 6.07) is 0. The molecule has 2 N–H and O–H groups in total. The molecule has 1 fully saturated rings. The lowest BCUT2D eigenvalue weighted by atomic mass is 9.98. The molecule has 0 aromatic carbocycles. The van der Waals surface area contributed by atoms with Crippen LogP contribution in [0.2, 0.25) is 0 Å². The first-order chi connectivity index (χ1) is 8.35. The van der Waals surface area contributed by atoms with Crippen LogP contribution < -0.4 is 5.73 Å². The largest absolute Gasteiger partial charge is 0.367 e. The second kappa shape index (κ2) is 6.88. The van der Waals surface area contributed by atoms with Crippen LogP contribution in [0.3, 0.4) is 0 Å². The summed E-state index contributed by atoms with van der Waals surface area (Å²) in [5, 5.41) is 0. The summed E-state index contributed by atoms with van der Waals surface area (Å²) in [6.07, 6.45) is 6.43. The average Bonchev–Trinajstić information content (AvgIpc) is 2.18. The van der Waals surface area contributed by atoms with Gasteiger partial charge >= 0.3 is 0 Å². The van der Waals surface area contributed by atoms with Gasteiger partial charge in [0.1, 0.15) is 0 Å². The van der Waals surface area contributed by atoms with E-state index in [4.69, 9.17) is 10.5 Å². The van der Waals surface area contributed by atoms with Crippen molar-refractivity contribution in [2.75, 3.05) is 26.2 Å². The summed E-state index contributed by atoms with van der Waals surface area (Å²) in [7, 11) is 0. The molecule has 18 heavy (non-hydrogen) atoms. The molecule has 0 radical (unpaired) electrons. The molecule has 0 aromatic rings. The highest BCUT2D eigenvalue weighted by Gasteiger charge is 2.37. The molecule has 0 atom stereocenters. The maximum atomic E-state index is 6.10. The van der Waals surface area contributed by atoms with Crippen molar-refractivity contribution in [3.05, 3.63) is 0 Å².